The van der Waals surface area contributed by atoms with Gasteiger partial charge in [0.25, 0.3) is 0 Å². The Morgan fingerprint density at radius 3 is 1.68 bits per heavy atom. The summed E-state index contributed by atoms with van der Waals surface area (Å²) in [5.74, 6) is 0. The van der Waals surface area contributed by atoms with Gasteiger partial charge < -0.3 is 31.3 Å². The number of amides is 5. The minimum atomic E-state index is -0.571. The van der Waals surface area contributed by atoms with Gasteiger partial charge in [0, 0.05) is 31.2 Å². The second-order valence-electron chi connectivity index (χ2n) is 7.31. The van der Waals surface area contributed by atoms with Crippen molar-refractivity contribution in [1.82, 2.24) is 26.6 Å². The second kappa shape index (κ2) is 10.6. The molecule has 0 radical (unpaired) electrons. The molecule has 0 aliphatic carbocycles. The summed E-state index contributed by atoms with van der Waals surface area (Å²) in [7, 11) is 0. The fourth-order valence-corrected chi connectivity index (χ4v) is 1.69. The number of urea groups is 2. The SMILES string of the molecule is CC(C)NC(=O)NCC(C)NC(=O)NCC(C)NC(=O)OC(C)(C)C. The molecule has 5 N–H and O–H groups in total. The maximum Gasteiger partial charge on any atom is 0.407 e. The van der Waals surface area contributed by atoms with E-state index >= 15 is 0 Å². The monoisotopic (exact) mass is 359 g/mol. The highest BCUT2D eigenvalue weighted by molar-refractivity contribution is 5.75. The molecule has 0 aromatic heterocycles. The zero-order valence-electron chi connectivity index (χ0n) is 16.3. The molecule has 25 heavy (non-hydrogen) atoms. The summed E-state index contributed by atoms with van der Waals surface area (Å²) in [5.41, 5.74) is -0.571. The first-order valence-electron chi connectivity index (χ1n) is 8.47. The third-order valence-corrected chi connectivity index (χ3v) is 2.70. The molecule has 0 heterocycles. The lowest BCUT2D eigenvalue weighted by Gasteiger charge is -2.22. The van der Waals surface area contributed by atoms with Crippen molar-refractivity contribution in [3.8, 4) is 0 Å². The van der Waals surface area contributed by atoms with Gasteiger partial charge in [0.15, 0.2) is 0 Å². The van der Waals surface area contributed by atoms with Crippen LogP contribution in [-0.2, 0) is 4.74 Å². The lowest BCUT2D eigenvalue weighted by atomic mass is 10.2. The molecule has 0 saturated carbocycles. The van der Waals surface area contributed by atoms with E-state index in [0.29, 0.717) is 6.54 Å². The van der Waals surface area contributed by atoms with E-state index in [4.69, 9.17) is 4.74 Å². The molecule has 0 aromatic carbocycles. The third kappa shape index (κ3) is 13.9. The summed E-state index contributed by atoms with van der Waals surface area (Å²) in [6.45, 7) is 13.1. The Balaban J connectivity index is 3.98. The minimum absolute atomic E-state index is 0.0468. The summed E-state index contributed by atoms with van der Waals surface area (Å²) in [4.78, 5) is 34.9. The van der Waals surface area contributed by atoms with Gasteiger partial charge in [0.1, 0.15) is 5.60 Å². The quantitative estimate of drug-likeness (QED) is 0.470. The molecule has 0 aliphatic heterocycles. The predicted octanol–water partition coefficient (Wildman–Crippen LogP) is 1.29. The van der Waals surface area contributed by atoms with Crippen molar-refractivity contribution in [3.63, 3.8) is 0 Å². The van der Waals surface area contributed by atoms with E-state index in [0.717, 1.165) is 0 Å². The summed E-state index contributed by atoms with van der Waals surface area (Å²) >= 11 is 0. The van der Waals surface area contributed by atoms with Crippen LogP contribution in [0, 0.1) is 0 Å². The Labute approximate surface area is 150 Å². The molecular formula is C16H33N5O4. The fraction of sp³-hybridized carbons (Fsp3) is 0.812. The number of hydrogen-bond donors (Lipinski definition) is 5. The van der Waals surface area contributed by atoms with Crippen molar-refractivity contribution in [1.29, 1.82) is 0 Å². The Morgan fingerprint density at radius 1 is 0.800 bits per heavy atom. The second-order valence-corrected chi connectivity index (χ2v) is 7.31. The van der Waals surface area contributed by atoms with Gasteiger partial charge in [-0.25, -0.2) is 14.4 Å². The topological polar surface area (TPSA) is 121 Å². The molecule has 0 aliphatic rings. The van der Waals surface area contributed by atoms with Crippen LogP contribution in [0.25, 0.3) is 0 Å². The van der Waals surface area contributed by atoms with Gasteiger partial charge in [-0.3, -0.25) is 0 Å². The first-order chi connectivity index (χ1) is 11.4. The zero-order valence-corrected chi connectivity index (χ0v) is 16.3. The number of nitrogens with one attached hydrogen (secondary N) is 5. The van der Waals surface area contributed by atoms with Crippen LogP contribution in [0.3, 0.4) is 0 Å². The van der Waals surface area contributed by atoms with E-state index in [9.17, 15) is 14.4 Å². The number of carbonyl (C=O) groups is 3. The minimum Gasteiger partial charge on any atom is -0.444 e. The summed E-state index contributed by atoms with van der Waals surface area (Å²) in [6, 6.07) is -1.14. The Kier molecular flexibility index (Phi) is 9.70. The van der Waals surface area contributed by atoms with Crippen LogP contribution < -0.4 is 26.6 Å². The molecule has 5 amide bonds. The molecule has 9 heteroatoms. The van der Waals surface area contributed by atoms with Gasteiger partial charge in [-0.2, -0.15) is 0 Å². The van der Waals surface area contributed by atoms with Crippen molar-refractivity contribution in [2.24, 2.45) is 0 Å². The number of carbonyl (C=O) groups excluding carboxylic acids is 3. The molecule has 0 fully saturated rings. The van der Waals surface area contributed by atoms with Gasteiger partial charge in [-0.1, -0.05) is 0 Å². The molecule has 0 bridgehead atoms. The smallest absolute Gasteiger partial charge is 0.407 e. The number of ether oxygens (including phenoxy) is 1. The first-order valence-corrected chi connectivity index (χ1v) is 8.47. The molecule has 0 rings (SSSR count). The lowest BCUT2D eigenvalue weighted by molar-refractivity contribution is 0.0508. The van der Waals surface area contributed by atoms with E-state index in [2.05, 4.69) is 26.6 Å². The van der Waals surface area contributed by atoms with Gasteiger partial charge in [0.2, 0.25) is 0 Å². The molecule has 0 aromatic rings. The van der Waals surface area contributed by atoms with Gasteiger partial charge in [0.05, 0.1) is 0 Å². The van der Waals surface area contributed by atoms with E-state index in [1.54, 1.807) is 34.6 Å². The molecule has 2 atom stereocenters. The number of alkyl carbamates (subject to hydrolysis) is 1. The largest absolute Gasteiger partial charge is 0.444 e. The Hall–Kier alpha value is -2.19. The molecule has 2 unspecified atom stereocenters. The molecular weight excluding hydrogens is 326 g/mol. The normalized spacial score (nSPS) is 13.4. The van der Waals surface area contributed by atoms with E-state index in [1.807, 2.05) is 13.8 Å². The zero-order chi connectivity index (χ0) is 19.6. The van der Waals surface area contributed by atoms with Crippen LogP contribution in [0.15, 0.2) is 0 Å². The highest BCUT2D eigenvalue weighted by Crippen LogP contribution is 2.06. The van der Waals surface area contributed by atoms with Crippen LogP contribution >= 0.6 is 0 Å². The van der Waals surface area contributed by atoms with Crippen LogP contribution in [0.2, 0.25) is 0 Å². The molecule has 0 spiro atoms. The van der Waals surface area contributed by atoms with Gasteiger partial charge in [-0.15, -0.1) is 0 Å². The van der Waals surface area contributed by atoms with Gasteiger partial charge in [-0.05, 0) is 48.5 Å². The first kappa shape index (κ1) is 22.8. The average Bonchev–Trinajstić information content (AvgIpc) is 2.40. The average molecular weight is 359 g/mol. The van der Waals surface area contributed by atoms with Crippen LogP contribution in [-0.4, -0.2) is 55.0 Å². The maximum absolute atomic E-state index is 11.8. The third-order valence-electron chi connectivity index (χ3n) is 2.70. The molecule has 9 nitrogen and oxygen atoms in total. The van der Waals surface area contributed by atoms with Crippen LogP contribution in [0.1, 0.15) is 48.5 Å². The number of rotatable bonds is 7. The van der Waals surface area contributed by atoms with Crippen LogP contribution in [0.5, 0.6) is 0 Å². The lowest BCUT2D eigenvalue weighted by Crippen LogP contribution is -2.51. The highest BCUT2D eigenvalue weighted by atomic mass is 16.6. The van der Waals surface area contributed by atoms with Crippen molar-refractivity contribution in [3.05, 3.63) is 0 Å². The summed E-state index contributed by atoms with van der Waals surface area (Å²) in [5, 5.41) is 13.3. The standard InChI is InChI=1S/C16H33N5O4/c1-10(2)19-13(22)17-8-11(3)20-14(23)18-9-12(4)21-15(24)25-16(5,6)7/h10-12H,8-9H2,1-7H3,(H,21,24)(H2,17,19,22)(H2,18,20,23). The Bertz CT molecular complexity index is 448. The molecule has 0 saturated heterocycles. The maximum atomic E-state index is 11.8. The van der Waals surface area contributed by atoms with Gasteiger partial charge >= 0.3 is 18.2 Å². The van der Waals surface area contributed by atoms with E-state index < -0.39 is 11.7 Å². The Morgan fingerprint density at radius 2 is 1.24 bits per heavy atom. The number of hydrogen-bond acceptors (Lipinski definition) is 4. The molecule has 146 valence electrons. The van der Waals surface area contributed by atoms with Crippen molar-refractivity contribution in [2.45, 2.75) is 72.2 Å². The van der Waals surface area contributed by atoms with Crippen molar-refractivity contribution < 1.29 is 19.1 Å². The summed E-state index contributed by atoms with van der Waals surface area (Å²) < 4.78 is 5.14. The predicted molar refractivity (Wildman–Crippen MR) is 96.5 cm³/mol. The van der Waals surface area contributed by atoms with E-state index in [1.165, 1.54) is 0 Å². The highest BCUT2D eigenvalue weighted by Gasteiger charge is 2.18. The van der Waals surface area contributed by atoms with E-state index in [-0.39, 0.29) is 36.7 Å². The van der Waals surface area contributed by atoms with Crippen molar-refractivity contribution in [2.75, 3.05) is 13.1 Å². The summed E-state index contributed by atoms with van der Waals surface area (Å²) in [6.07, 6.45) is -0.532. The fourth-order valence-electron chi connectivity index (χ4n) is 1.69. The van der Waals surface area contributed by atoms with Crippen LogP contribution in [0.4, 0.5) is 14.4 Å². The van der Waals surface area contributed by atoms with Crippen molar-refractivity contribution >= 4 is 18.2 Å².